The quantitative estimate of drug-likeness (QED) is 0.787. The average Bonchev–Trinajstić information content (AvgIpc) is 3.22. The lowest BCUT2D eigenvalue weighted by Crippen LogP contribution is -2.47. The number of nitrogens with one attached hydrogen (secondary N) is 1. The van der Waals surface area contributed by atoms with Crippen LogP contribution in [0, 0.1) is 23.4 Å². The Balaban J connectivity index is 1.19. The molecule has 2 saturated heterocycles. The van der Waals surface area contributed by atoms with Gasteiger partial charge in [-0.3, -0.25) is 0 Å². The normalized spacial score (nSPS) is 28.7. The van der Waals surface area contributed by atoms with Crippen LogP contribution in [0.3, 0.4) is 0 Å². The number of carbonyl (C=O) groups is 2. The van der Waals surface area contributed by atoms with E-state index >= 15 is 0 Å². The minimum Gasteiger partial charge on any atom is -0.490 e. The van der Waals surface area contributed by atoms with Gasteiger partial charge in [-0.25, -0.2) is 18.4 Å². The number of likely N-dealkylation sites (tertiary alicyclic amines) is 1. The number of alkyl carbamates (subject to hydrolysis) is 1. The molecule has 1 aromatic rings. The number of amides is 2. The van der Waals surface area contributed by atoms with Gasteiger partial charge in [-0.15, -0.1) is 0 Å². The van der Waals surface area contributed by atoms with Crippen LogP contribution in [0.4, 0.5) is 22.8 Å². The van der Waals surface area contributed by atoms with E-state index in [0.717, 1.165) is 12.1 Å². The van der Waals surface area contributed by atoms with Crippen molar-refractivity contribution in [3.05, 3.63) is 29.6 Å². The Morgan fingerprint density at radius 1 is 1.29 bits per heavy atom. The molecule has 1 atom stereocenters. The summed E-state index contributed by atoms with van der Waals surface area (Å²) in [4.78, 5) is 25.0. The van der Waals surface area contributed by atoms with Crippen LogP contribution in [0.15, 0.2) is 12.1 Å². The van der Waals surface area contributed by atoms with E-state index in [1.165, 1.54) is 4.90 Å². The molecule has 1 aliphatic carbocycles. The highest BCUT2D eigenvalue weighted by Crippen LogP contribution is 2.33. The number of cyclic esters (lactones) is 1. The minimum atomic E-state index is -1.56. The number of benzene rings is 1. The van der Waals surface area contributed by atoms with Crippen molar-refractivity contribution < 1.29 is 37.0 Å². The van der Waals surface area contributed by atoms with Gasteiger partial charge in [0, 0.05) is 6.54 Å². The molecule has 1 saturated carbocycles. The summed E-state index contributed by atoms with van der Waals surface area (Å²) in [5, 5.41) is 2.74. The second kappa shape index (κ2) is 7.06. The van der Waals surface area contributed by atoms with Crippen LogP contribution >= 0.6 is 0 Å². The van der Waals surface area contributed by atoms with Gasteiger partial charge in [0.1, 0.15) is 12.7 Å². The van der Waals surface area contributed by atoms with E-state index in [9.17, 15) is 22.8 Å². The van der Waals surface area contributed by atoms with Gasteiger partial charge in [0.05, 0.1) is 18.7 Å². The van der Waals surface area contributed by atoms with Gasteiger partial charge in [-0.05, 0) is 37.3 Å². The zero-order valence-electron chi connectivity index (χ0n) is 14.9. The molecule has 1 N–H and O–H groups in total. The van der Waals surface area contributed by atoms with Crippen molar-refractivity contribution in [3.63, 3.8) is 0 Å². The lowest BCUT2D eigenvalue weighted by molar-refractivity contribution is -0.0125. The Kier molecular flexibility index (Phi) is 4.72. The number of carbonyl (C=O) groups excluding carboxylic acids is 2. The Bertz CT molecular complexity index is 802. The molecule has 10 heteroatoms. The molecule has 2 aliphatic heterocycles. The molecule has 28 heavy (non-hydrogen) atoms. The van der Waals surface area contributed by atoms with E-state index in [0.29, 0.717) is 32.4 Å². The molecule has 3 aliphatic rings. The van der Waals surface area contributed by atoms with Crippen molar-refractivity contribution in [1.29, 1.82) is 0 Å². The first kappa shape index (κ1) is 18.7. The number of rotatable bonds is 4. The van der Waals surface area contributed by atoms with Crippen molar-refractivity contribution in [1.82, 2.24) is 10.2 Å². The second-order valence-corrected chi connectivity index (χ2v) is 7.48. The number of nitrogens with zero attached hydrogens (tertiary/aromatic N) is 1. The zero-order chi connectivity index (χ0) is 19.9. The molecule has 0 bridgehead atoms. The first-order chi connectivity index (χ1) is 13.3. The van der Waals surface area contributed by atoms with Crippen molar-refractivity contribution in [3.8, 4) is 5.75 Å². The van der Waals surface area contributed by atoms with Crippen molar-refractivity contribution in [2.75, 3.05) is 26.3 Å². The highest BCUT2D eigenvalue weighted by molar-refractivity contribution is 5.72. The first-order valence-electron chi connectivity index (χ1n) is 9.02. The molecule has 2 heterocycles. The lowest BCUT2D eigenvalue weighted by Gasteiger charge is -2.35. The van der Waals surface area contributed by atoms with Crippen LogP contribution in [0.5, 0.6) is 5.75 Å². The van der Waals surface area contributed by atoms with Crippen LogP contribution in [0.1, 0.15) is 19.3 Å². The summed E-state index contributed by atoms with van der Waals surface area (Å²) in [5.41, 5.74) is -0.527. The third kappa shape index (κ3) is 3.55. The average molecular weight is 400 g/mol. The SMILES string of the molecule is O=C1NC2(CCN(C(=O)O[C@H]3C[C@@H](COc4ccc(F)c(F)c4F)C3)C2)CO1. The fraction of sp³-hybridized carbons (Fsp3) is 0.556. The van der Waals surface area contributed by atoms with E-state index in [1.54, 1.807) is 0 Å². The summed E-state index contributed by atoms with van der Waals surface area (Å²) >= 11 is 0. The molecular weight excluding hydrogens is 381 g/mol. The highest BCUT2D eigenvalue weighted by atomic mass is 19.2. The number of ether oxygens (including phenoxy) is 3. The van der Waals surface area contributed by atoms with E-state index in [4.69, 9.17) is 14.2 Å². The topological polar surface area (TPSA) is 77.1 Å². The summed E-state index contributed by atoms with van der Waals surface area (Å²) in [6.07, 6.45) is 0.478. The number of halogens is 3. The molecule has 1 unspecified atom stereocenters. The monoisotopic (exact) mass is 400 g/mol. The maximum atomic E-state index is 13.6. The van der Waals surface area contributed by atoms with Gasteiger partial charge in [-0.1, -0.05) is 0 Å². The van der Waals surface area contributed by atoms with Crippen LogP contribution in [0.2, 0.25) is 0 Å². The van der Waals surface area contributed by atoms with Gasteiger partial charge in [0.15, 0.2) is 17.4 Å². The summed E-state index contributed by atoms with van der Waals surface area (Å²) in [6.45, 7) is 1.16. The molecular formula is C18H19F3N2O5. The molecule has 4 rings (SSSR count). The van der Waals surface area contributed by atoms with Gasteiger partial charge < -0.3 is 24.4 Å². The summed E-state index contributed by atoms with van der Waals surface area (Å²) in [7, 11) is 0. The summed E-state index contributed by atoms with van der Waals surface area (Å²) < 4.78 is 55.2. The smallest absolute Gasteiger partial charge is 0.410 e. The molecule has 1 spiro atoms. The molecule has 2 amide bonds. The largest absolute Gasteiger partial charge is 0.490 e. The van der Waals surface area contributed by atoms with Gasteiger partial charge in [0.2, 0.25) is 5.82 Å². The van der Waals surface area contributed by atoms with Gasteiger partial charge >= 0.3 is 12.2 Å². The number of hydrogen-bond donors (Lipinski definition) is 1. The van der Waals surface area contributed by atoms with Crippen LogP contribution < -0.4 is 10.1 Å². The maximum Gasteiger partial charge on any atom is 0.410 e. The Morgan fingerprint density at radius 3 is 2.79 bits per heavy atom. The second-order valence-electron chi connectivity index (χ2n) is 7.48. The zero-order valence-corrected chi connectivity index (χ0v) is 14.9. The maximum absolute atomic E-state index is 13.6. The highest BCUT2D eigenvalue weighted by Gasteiger charge is 2.47. The van der Waals surface area contributed by atoms with E-state index in [2.05, 4.69) is 5.32 Å². The number of hydrogen-bond acceptors (Lipinski definition) is 5. The summed E-state index contributed by atoms with van der Waals surface area (Å²) in [6, 6.07) is 1.85. The molecule has 1 aromatic carbocycles. The van der Waals surface area contributed by atoms with Crippen molar-refractivity contribution >= 4 is 12.2 Å². The van der Waals surface area contributed by atoms with Crippen LogP contribution in [-0.4, -0.2) is 55.0 Å². The Labute approximate surface area is 158 Å². The van der Waals surface area contributed by atoms with E-state index in [1.807, 2.05) is 0 Å². The fourth-order valence-corrected chi connectivity index (χ4v) is 3.69. The minimum absolute atomic E-state index is 0.0257. The van der Waals surface area contributed by atoms with Crippen LogP contribution in [-0.2, 0) is 9.47 Å². The third-order valence-electron chi connectivity index (χ3n) is 5.39. The Morgan fingerprint density at radius 2 is 2.07 bits per heavy atom. The van der Waals surface area contributed by atoms with Crippen molar-refractivity contribution in [2.24, 2.45) is 5.92 Å². The molecule has 0 radical (unpaired) electrons. The van der Waals surface area contributed by atoms with E-state index in [-0.39, 0.29) is 31.0 Å². The molecule has 3 fully saturated rings. The predicted octanol–water partition coefficient (Wildman–Crippen LogP) is 2.58. The van der Waals surface area contributed by atoms with Gasteiger partial charge in [-0.2, -0.15) is 4.39 Å². The first-order valence-corrected chi connectivity index (χ1v) is 9.02. The van der Waals surface area contributed by atoms with E-state index < -0.39 is 35.2 Å². The molecule has 7 nitrogen and oxygen atoms in total. The Hall–Kier alpha value is -2.65. The lowest BCUT2D eigenvalue weighted by atomic mass is 9.83. The van der Waals surface area contributed by atoms with Gasteiger partial charge in [0.25, 0.3) is 0 Å². The summed E-state index contributed by atoms with van der Waals surface area (Å²) in [5.74, 6) is -4.51. The standard InChI is InChI=1S/C18H19F3N2O5/c19-12-1-2-13(15(21)14(12)20)26-7-10-5-11(6-10)28-17(25)23-4-3-18(8-23)9-27-16(24)22-18/h1-2,10-11H,3-9H2,(H,22,24)/t10-,11+,18?. The molecule has 0 aromatic heterocycles. The third-order valence-corrected chi connectivity index (χ3v) is 5.39. The fourth-order valence-electron chi connectivity index (χ4n) is 3.69. The molecule has 152 valence electrons. The van der Waals surface area contributed by atoms with Crippen molar-refractivity contribution in [2.45, 2.75) is 30.9 Å². The van der Waals surface area contributed by atoms with Crippen LogP contribution in [0.25, 0.3) is 0 Å². The predicted molar refractivity (Wildman–Crippen MR) is 88.2 cm³/mol.